The molecule has 0 spiro atoms. The van der Waals surface area contributed by atoms with Gasteiger partial charge in [0.15, 0.2) is 0 Å². The van der Waals surface area contributed by atoms with Gasteiger partial charge in [-0.05, 0) is 72.3 Å². The summed E-state index contributed by atoms with van der Waals surface area (Å²) in [5.74, 6) is -5.33. The first kappa shape index (κ1) is 34.6. The Kier molecular flexibility index (Phi) is 11.9. The number of carbonyl (C=O) groups is 4. The van der Waals surface area contributed by atoms with E-state index >= 15 is 0 Å². The van der Waals surface area contributed by atoms with Gasteiger partial charge in [0.2, 0.25) is 12.2 Å². The van der Waals surface area contributed by atoms with E-state index in [0.717, 1.165) is 22.6 Å². The van der Waals surface area contributed by atoms with Crippen LogP contribution >= 0.6 is 39.1 Å². The molecule has 12 heteroatoms. The lowest BCUT2D eigenvalue weighted by atomic mass is 9.85. The summed E-state index contributed by atoms with van der Waals surface area (Å²) in [6.45, 7) is 1.84. The van der Waals surface area contributed by atoms with Crippen molar-refractivity contribution in [1.82, 2.24) is 4.90 Å². The van der Waals surface area contributed by atoms with Crippen molar-refractivity contribution in [2.24, 2.45) is 0 Å². The normalized spacial score (nSPS) is 15.3. The summed E-state index contributed by atoms with van der Waals surface area (Å²) in [6, 6.07) is 27.2. The number of rotatable bonds is 8. The molecule has 2 N–H and O–H groups in total. The third kappa shape index (κ3) is 8.95. The van der Waals surface area contributed by atoms with Crippen LogP contribution < -0.4 is 0 Å². The first-order chi connectivity index (χ1) is 21.9. The van der Waals surface area contributed by atoms with Crippen LogP contribution in [0.3, 0.4) is 0 Å². The summed E-state index contributed by atoms with van der Waals surface area (Å²) in [7, 11) is 2.12. The second-order valence-electron chi connectivity index (χ2n) is 10.3. The second-order valence-corrected chi connectivity index (χ2v) is 12.1. The van der Waals surface area contributed by atoms with Crippen LogP contribution in [0.2, 0.25) is 10.0 Å². The number of benzene rings is 4. The van der Waals surface area contributed by atoms with E-state index < -0.39 is 36.1 Å². The Morgan fingerprint density at radius 3 is 1.78 bits per heavy atom. The van der Waals surface area contributed by atoms with E-state index in [0.29, 0.717) is 10.9 Å². The fourth-order valence-electron chi connectivity index (χ4n) is 4.85. The standard InChI is InChI=1S/C18H14O8.C16H14BrCl2N/c19-15(20)13(25-17(23)11-7-3-1-4-8-11)14(16(21)22)26-18(24)12-9-5-2-6-10-12;1-20-8-14(10-3-2-4-11(17)5-10)13-6-12(18)7-16(19)15(13)9-20/h1-10,13-14H,(H,19,20)(H,21,22);2-7,14H,8-9H2,1H3/t13-,14-;14-/m10/s1. The monoisotopic (exact) mass is 727 g/mol. The zero-order chi connectivity index (χ0) is 33.4. The van der Waals surface area contributed by atoms with Crippen molar-refractivity contribution >= 4 is 63.0 Å². The van der Waals surface area contributed by atoms with Crippen molar-refractivity contribution < 1.29 is 38.9 Å². The Bertz CT molecular complexity index is 1650. The zero-order valence-electron chi connectivity index (χ0n) is 24.3. The van der Waals surface area contributed by atoms with E-state index in [1.54, 1.807) is 12.1 Å². The van der Waals surface area contributed by atoms with Gasteiger partial charge in [-0.15, -0.1) is 0 Å². The predicted octanol–water partition coefficient (Wildman–Crippen LogP) is 6.94. The first-order valence-electron chi connectivity index (χ1n) is 13.8. The number of carbonyl (C=O) groups excluding carboxylic acids is 2. The van der Waals surface area contributed by atoms with Gasteiger partial charge >= 0.3 is 23.9 Å². The van der Waals surface area contributed by atoms with E-state index in [-0.39, 0.29) is 11.1 Å². The largest absolute Gasteiger partial charge is 0.478 e. The van der Waals surface area contributed by atoms with Crippen LogP contribution in [0, 0.1) is 0 Å². The third-order valence-corrected chi connectivity index (χ3v) is 8.04. The molecule has 4 aromatic rings. The van der Waals surface area contributed by atoms with Crippen LogP contribution in [-0.4, -0.2) is 64.8 Å². The van der Waals surface area contributed by atoms with Crippen LogP contribution in [0.15, 0.2) is 102 Å². The van der Waals surface area contributed by atoms with Gasteiger partial charge in [-0.3, -0.25) is 0 Å². The van der Waals surface area contributed by atoms with Gasteiger partial charge in [-0.2, -0.15) is 0 Å². The van der Waals surface area contributed by atoms with Crippen LogP contribution in [0.5, 0.6) is 0 Å². The van der Waals surface area contributed by atoms with Gasteiger partial charge in [0.1, 0.15) is 0 Å². The maximum atomic E-state index is 12.0. The van der Waals surface area contributed by atoms with Crippen LogP contribution in [0.25, 0.3) is 0 Å². The number of halogens is 3. The SMILES string of the molecule is CN1Cc2c(Cl)cc(Cl)cc2[C@H](c2cccc(Br)c2)C1.O=C(O[C@@H](C(=O)O)[C@@H](OC(=O)c1ccccc1)C(=O)O)c1ccccc1. The van der Waals surface area contributed by atoms with Crippen molar-refractivity contribution in [2.45, 2.75) is 24.7 Å². The second kappa shape index (κ2) is 15.9. The Balaban J connectivity index is 0.000000215. The quantitative estimate of drug-likeness (QED) is 0.185. The highest BCUT2D eigenvalue weighted by molar-refractivity contribution is 9.10. The number of hydrogen-bond donors (Lipinski definition) is 2. The average molecular weight is 729 g/mol. The highest BCUT2D eigenvalue weighted by Crippen LogP contribution is 2.38. The number of esters is 2. The van der Waals surface area contributed by atoms with Crippen LogP contribution in [0.1, 0.15) is 43.3 Å². The van der Waals surface area contributed by atoms with Crippen molar-refractivity contribution in [3.63, 3.8) is 0 Å². The third-order valence-electron chi connectivity index (χ3n) is 6.99. The molecule has 0 unspecified atom stereocenters. The smallest absolute Gasteiger partial charge is 0.349 e. The fourth-order valence-corrected chi connectivity index (χ4v) is 5.84. The van der Waals surface area contributed by atoms with Gasteiger partial charge in [0.05, 0.1) is 11.1 Å². The molecule has 3 atom stereocenters. The number of ether oxygens (including phenoxy) is 2. The molecule has 0 saturated heterocycles. The van der Waals surface area contributed by atoms with E-state index in [4.69, 9.17) is 32.7 Å². The summed E-state index contributed by atoms with van der Waals surface area (Å²) in [5.41, 5.74) is 3.77. The van der Waals surface area contributed by atoms with Gasteiger partial charge in [0, 0.05) is 33.5 Å². The minimum atomic E-state index is -2.21. The Labute approximate surface area is 283 Å². The highest BCUT2D eigenvalue weighted by atomic mass is 79.9. The molecule has 0 amide bonds. The minimum absolute atomic E-state index is 0.0253. The molecule has 0 saturated carbocycles. The van der Waals surface area contributed by atoms with Crippen molar-refractivity contribution in [3.05, 3.63) is 139 Å². The highest BCUT2D eigenvalue weighted by Gasteiger charge is 2.41. The fraction of sp³-hybridized carbons (Fsp3) is 0.176. The summed E-state index contributed by atoms with van der Waals surface area (Å²) >= 11 is 16.1. The van der Waals surface area contributed by atoms with Crippen LogP contribution in [0.4, 0.5) is 0 Å². The summed E-state index contributed by atoms with van der Waals surface area (Å²) < 4.78 is 10.6. The average Bonchev–Trinajstić information content (AvgIpc) is 3.03. The van der Waals surface area contributed by atoms with Gasteiger partial charge in [0.25, 0.3) is 0 Å². The van der Waals surface area contributed by atoms with Crippen molar-refractivity contribution in [2.75, 3.05) is 13.6 Å². The molecule has 0 aromatic heterocycles. The van der Waals surface area contributed by atoms with Gasteiger partial charge in [-0.25, -0.2) is 19.2 Å². The predicted molar refractivity (Wildman–Crippen MR) is 175 cm³/mol. The van der Waals surface area contributed by atoms with Gasteiger partial charge in [-0.1, -0.05) is 87.7 Å². The molecule has 9 nitrogen and oxygen atoms in total. The number of nitrogens with zero attached hydrogens (tertiary/aromatic N) is 1. The number of carboxylic acids is 2. The molecular formula is C34H28BrCl2NO8. The van der Waals surface area contributed by atoms with E-state index in [2.05, 4.69) is 52.1 Å². The topological polar surface area (TPSA) is 130 Å². The summed E-state index contributed by atoms with van der Waals surface area (Å²) in [6.07, 6.45) is -4.43. The van der Waals surface area contributed by atoms with Crippen molar-refractivity contribution in [3.8, 4) is 0 Å². The maximum Gasteiger partial charge on any atom is 0.349 e. The number of hydrogen-bond acceptors (Lipinski definition) is 7. The number of carboxylic acid groups (broad SMARTS) is 2. The molecule has 1 aliphatic heterocycles. The summed E-state index contributed by atoms with van der Waals surface area (Å²) in [4.78, 5) is 49.1. The maximum absolute atomic E-state index is 12.0. The molecule has 0 radical (unpaired) electrons. The molecule has 0 fully saturated rings. The molecule has 1 heterocycles. The molecule has 4 aromatic carbocycles. The Morgan fingerprint density at radius 2 is 1.30 bits per heavy atom. The molecule has 1 aliphatic rings. The van der Waals surface area contributed by atoms with E-state index in [1.807, 2.05) is 12.1 Å². The lowest BCUT2D eigenvalue weighted by molar-refractivity contribution is -0.166. The van der Waals surface area contributed by atoms with E-state index in [1.165, 1.54) is 65.2 Å². The number of aliphatic carboxylic acids is 2. The lowest BCUT2D eigenvalue weighted by Gasteiger charge is -2.33. The van der Waals surface area contributed by atoms with E-state index in [9.17, 15) is 29.4 Å². The minimum Gasteiger partial charge on any atom is -0.478 e. The molecule has 0 bridgehead atoms. The van der Waals surface area contributed by atoms with Crippen molar-refractivity contribution in [1.29, 1.82) is 0 Å². The Morgan fingerprint density at radius 1 is 0.783 bits per heavy atom. The van der Waals surface area contributed by atoms with Crippen LogP contribution in [-0.2, 0) is 25.6 Å². The lowest BCUT2D eigenvalue weighted by Crippen LogP contribution is -2.45. The van der Waals surface area contributed by atoms with Gasteiger partial charge < -0.3 is 24.6 Å². The zero-order valence-corrected chi connectivity index (χ0v) is 27.4. The molecular weight excluding hydrogens is 701 g/mol. The molecule has 0 aliphatic carbocycles. The molecule has 5 rings (SSSR count). The first-order valence-corrected chi connectivity index (χ1v) is 15.4. The number of likely N-dealkylation sites (N-methyl/N-ethyl adjacent to an activating group) is 1. The Hall–Kier alpha value is -4.22. The molecule has 46 heavy (non-hydrogen) atoms. The molecule has 238 valence electrons. The summed E-state index contributed by atoms with van der Waals surface area (Å²) in [5, 5.41) is 19.9. The number of fused-ring (bicyclic) bond motifs is 1.